The van der Waals surface area contributed by atoms with Crippen LogP contribution in [0.15, 0.2) is 67.1 Å². The molecule has 1 amide bonds. The van der Waals surface area contributed by atoms with Crippen molar-refractivity contribution in [1.29, 1.82) is 0 Å². The summed E-state index contributed by atoms with van der Waals surface area (Å²) in [5.41, 5.74) is 6.24. The van der Waals surface area contributed by atoms with Gasteiger partial charge in [0.15, 0.2) is 5.13 Å². The zero-order valence-electron chi connectivity index (χ0n) is 26.9. The van der Waals surface area contributed by atoms with Crippen LogP contribution in [-0.4, -0.2) is 36.6 Å². The Hall–Kier alpha value is -4.12. The van der Waals surface area contributed by atoms with Crippen molar-refractivity contribution in [3.05, 3.63) is 89.1 Å². The smallest absolute Gasteiger partial charge is 0.217 e. The monoisotopic (exact) mass is 621 g/mol. The number of hydrogen-bond donors (Lipinski definition) is 4. The fraction of sp³-hybridized carbons (Fsp3) is 0.375. The van der Waals surface area contributed by atoms with Gasteiger partial charge in [-0.05, 0) is 45.5 Å². The van der Waals surface area contributed by atoms with E-state index in [-0.39, 0.29) is 27.7 Å². The number of thiazole rings is 1. The van der Waals surface area contributed by atoms with E-state index in [9.17, 15) is 23.2 Å². The standard InChI is InChI=1S/C17H15F2N3O2S.C6H11NO.C5H11N.2C2H6/c1-2-10(9-23)5-4-8-21-17-22-16(20)15(25-17)14(24)13-11(18)6-3-7-12(13)19;1-3-4-5-7-6(2)8;1-4-5(2)6-3;2*1-2/h2-4,6-10H,1,5,20H2,(H,21,22);3-4H,5H2,1-2H3,(H,7,8);4,6H,1-3H3;2*1-2H3/b8-4+;4-3-;5-4+;;. The second kappa shape index (κ2) is 28.0. The average Bonchev–Trinajstić information content (AvgIpc) is 3.39. The zero-order chi connectivity index (χ0) is 33.8. The Kier molecular flexibility index (Phi) is 28.2. The number of amides is 1. The average molecular weight is 622 g/mol. The summed E-state index contributed by atoms with van der Waals surface area (Å²) < 4.78 is 27.5. The lowest BCUT2D eigenvalue weighted by Gasteiger charge is -2.02. The highest BCUT2D eigenvalue weighted by molar-refractivity contribution is 7.18. The van der Waals surface area contributed by atoms with Crippen LogP contribution in [0.3, 0.4) is 0 Å². The van der Waals surface area contributed by atoms with Gasteiger partial charge in [0.25, 0.3) is 0 Å². The van der Waals surface area contributed by atoms with Crippen molar-refractivity contribution in [3.63, 3.8) is 0 Å². The number of rotatable bonds is 11. The number of carbonyl (C=O) groups excluding carboxylic acids is 3. The minimum atomic E-state index is -0.962. The predicted molar refractivity (Wildman–Crippen MR) is 178 cm³/mol. The minimum absolute atomic E-state index is 0.0168. The number of ketones is 1. The fourth-order valence-electron chi connectivity index (χ4n) is 2.41. The van der Waals surface area contributed by atoms with Gasteiger partial charge in [-0.1, -0.05) is 75.5 Å². The van der Waals surface area contributed by atoms with Crippen molar-refractivity contribution in [1.82, 2.24) is 15.6 Å². The predicted octanol–water partition coefficient (Wildman–Crippen LogP) is 7.43. The number of benzene rings is 1. The lowest BCUT2D eigenvalue weighted by atomic mass is 10.1. The van der Waals surface area contributed by atoms with Gasteiger partial charge in [0.2, 0.25) is 11.7 Å². The molecule has 0 aliphatic rings. The van der Waals surface area contributed by atoms with E-state index in [1.54, 1.807) is 6.08 Å². The van der Waals surface area contributed by atoms with Crippen LogP contribution in [-0.2, 0) is 9.59 Å². The van der Waals surface area contributed by atoms with Crippen LogP contribution in [0.25, 0.3) is 0 Å². The molecule has 2 aromatic rings. The molecule has 1 unspecified atom stereocenters. The van der Waals surface area contributed by atoms with E-state index in [1.165, 1.54) is 31.0 Å². The second-order valence-corrected chi connectivity index (χ2v) is 8.70. The Morgan fingerprint density at radius 1 is 1.09 bits per heavy atom. The first-order valence-electron chi connectivity index (χ1n) is 14.0. The molecule has 0 saturated carbocycles. The van der Waals surface area contributed by atoms with Crippen molar-refractivity contribution in [2.75, 3.05) is 24.6 Å². The van der Waals surface area contributed by atoms with E-state index < -0.39 is 23.0 Å². The van der Waals surface area contributed by atoms with Gasteiger partial charge in [0.05, 0.1) is 5.56 Å². The number of nitrogen functional groups attached to an aromatic ring is 1. The third-order valence-electron chi connectivity index (χ3n) is 4.79. The Morgan fingerprint density at radius 3 is 2.09 bits per heavy atom. The number of hydrogen-bond acceptors (Lipinski definition) is 8. The lowest BCUT2D eigenvalue weighted by molar-refractivity contribution is -0.118. The molecular weight excluding hydrogens is 572 g/mol. The highest BCUT2D eigenvalue weighted by Gasteiger charge is 2.23. The third kappa shape index (κ3) is 19.6. The highest BCUT2D eigenvalue weighted by atomic mass is 32.1. The van der Waals surface area contributed by atoms with E-state index in [1.807, 2.05) is 73.7 Å². The van der Waals surface area contributed by atoms with Gasteiger partial charge >= 0.3 is 0 Å². The summed E-state index contributed by atoms with van der Waals surface area (Å²) in [6, 6.07) is 3.17. The molecule has 5 N–H and O–H groups in total. The van der Waals surface area contributed by atoms with Crippen molar-refractivity contribution in [2.45, 2.75) is 61.8 Å². The summed E-state index contributed by atoms with van der Waals surface area (Å²) in [5.74, 6) is -3.18. The van der Waals surface area contributed by atoms with Gasteiger partial charge in [-0.25, -0.2) is 13.8 Å². The van der Waals surface area contributed by atoms with Crippen molar-refractivity contribution in [2.24, 2.45) is 5.92 Å². The number of allylic oxidation sites excluding steroid dienone is 5. The highest BCUT2D eigenvalue weighted by Crippen LogP contribution is 2.29. The molecular formula is C32H49F2N5O3S. The molecule has 1 heterocycles. The SMILES string of the molecule is C/C=C(\C)NC.C/C=C\CNC(C)=O.C=CC(C=O)C/C=C/Nc1nc(N)c(C(=O)c2c(F)cccc2F)s1.CC.CC. The normalized spacial score (nSPS) is 10.7. The van der Waals surface area contributed by atoms with Gasteiger partial charge in [0, 0.05) is 32.1 Å². The maximum absolute atomic E-state index is 13.7. The number of anilines is 2. The van der Waals surface area contributed by atoms with E-state index >= 15 is 0 Å². The van der Waals surface area contributed by atoms with Crippen molar-refractivity contribution in [3.8, 4) is 0 Å². The van der Waals surface area contributed by atoms with E-state index in [4.69, 9.17) is 5.73 Å². The Bertz CT molecular complexity index is 1150. The number of aromatic nitrogens is 1. The van der Waals surface area contributed by atoms with Crippen LogP contribution in [0.5, 0.6) is 0 Å². The van der Waals surface area contributed by atoms with E-state index in [0.29, 0.717) is 13.0 Å². The topological polar surface area (TPSA) is 126 Å². The second-order valence-electron chi connectivity index (χ2n) is 7.71. The van der Waals surface area contributed by atoms with Crippen LogP contribution in [0.4, 0.5) is 19.7 Å². The molecule has 1 atom stereocenters. The number of nitrogens with two attached hydrogens (primary N) is 1. The first kappa shape index (κ1) is 43.3. The maximum atomic E-state index is 13.7. The molecule has 0 spiro atoms. The molecule has 240 valence electrons. The van der Waals surface area contributed by atoms with Gasteiger partial charge in [0.1, 0.15) is 28.6 Å². The first-order chi connectivity index (χ1) is 20.6. The Morgan fingerprint density at radius 2 is 1.67 bits per heavy atom. The molecule has 1 aromatic carbocycles. The summed E-state index contributed by atoms with van der Waals surface area (Å²) in [5, 5.41) is 8.69. The molecule has 8 nitrogen and oxygen atoms in total. The number of nitrogens with zero attached hydrogens (tertiary/aromatic N) is 1. The molecule has 0 fully saturated rings. The summed E-state index contributed by atoms with van der Waals surface area (Å²) >= 11 is 0.879. The molecule has 0 bridgehead atoms. The molecule has 43 heavy (non-hydrogen) atoms. The molecule has 0 aliphatic heterocycles. The number of aldehydes is 1. The van der Waals surface area contributed by atoms with E-state index in [0.717, 1.165) is 29.8 Å². The molecule has 0 saturated heterocycles. The van der Waals surface area contributed by atoms with Crippen LogP contribution >= 0.6 is 11.3 Å². The minimum Gasteiger partial charge on any atom is -0.392 e. The lowest BCUT2D eigenvalue weighted by Crippen LogP contribution is -2.19. The molecule has 0 aliphatic carbocycles. The fourth-order valence-corrected chi connectivity index (χ4v) is 3.22. The van der Waals surface area contributed by atoms with Gasteiger partial charge < -0.3 is 26.5 Å². The summed E-state index contributed by atoms with van der Waals surface area (Å²) in [6.45, 7) is 19.6. The largest absolute Gasteiger partial charge is 0.392 e. The van der Waals surface area contributed by atoms with Gasteiger partial charge in [-0.2, -0.15) is 0 Å². The molecule has 11 heteroatoms. The van der Waals surface area contributed by atoms with Crippen LogP contribution in [0, 0.1) is 17.6 Å². The molecule has 2 rings (SSSR count). The van der Waals surface area contributed by atoms with Crippen molar-refractivity contribution >= 4 is 40.3 Å². The zero-order valence-corrected chi connectivity index (χ0v) is 27.7. The number of halogens is 2. The summed E-state index contributed by atoms with van der Waals surface area (Å²) in [4.78, 5) is 37.1. The quantitative estimate of drug-likeness (QED) is 0.117. The van der Waals surface area contributed by atoms with Crippen LogP contribution in [0.2, 0.25) is 0 Å². The first-order valence-corrected chi connectivity index (χ1v) is 14.8. The Labute approximate surface area is 260 Å². The number of nitrogens with one attached hydrogen (secondary N) is 3. The molecule has 0 radical (unpaired) electrons. The van der Waals surface area contributed by atoms with E-state index in [2.05, 4.69) is 27.5 Å². The molecule has 1 aromatic heterocycles. The van der Waals surface area contributed by atoms with Crippen LogP contribution in [0.1, 0.15) is 77.0 Å². The van der Waals surface area contributed by atoms with Gasteiger partial charge in [-0.15, -0.1) is 6.58 Å². The Balaban J connectivity index is -0.000000731. The summed E-state index contributed by atoms with van der Waals surface area (Å²) in [7, 11) is 1.91. The van der Waals surface area contributed by atoms with Crippen molar-refractivity contribution < 1.29 is 23.2 Å². The van der Waals surface area contributed by atoms with Gasteiger partial charge in [-0.3, -0.25) is 9.59 Å². The van der Waals surface area contributed by atoms with Crippen LogP contribution < -0.4 is 21.7 Å². The summed E-state index contributed by atoms with van der Waals surface area (Å²) in [6.07, 6.45) is 11.8. The third-order valence-corrected chi connectivity index (χ3v) is 5.79. The maximum Gasteiger partial charge on any atom is 0.217 e. The number of carbonyl (C=O) groups is 3.